The maximum Gasteiger partial charge on any atom is 0.416 e. The lowest BCUT2D eigenvalue weighted by atomic mass is 10.2. The predicted octanol–water partition coefficient (Wildman–Crippen LogP) is 4.78. The number of pyridine rings is 1. The van der Waals surface area contributed by atoms with Crippen molar-refractivity contribution in [1.82, 2.24) is 4.98 Å². The van der Waals surface area contributed by atoms with Crippen molar-refractivity contribution in [1.29, 1.82) is 0 Å². The highest BCUT2D eigenvalue weighted by Gasteiger charge is 2.30. The molecule has 0 unspecified atom stereocenters. The molecule has 2 aromatic rings. The first-order valence-electron chi connectivity index (χ1n) is 5.89. The molecule has 6 heteroatoms. The molecule has 1 aromatic heterocycles. The van der Waals surface area contributed by atoms with Crippen LogP contribution in [0.4, 0.5) is 18.9 Å². The van der Waals surface area contributed by atoms with Crippen LogP contribution in [0.25, 0.3) is 0 Å². The second-order valence-corrected chi connectivity index (χ2v) is 5.17. The van der Waals surface area contributed by atoms with Gasteiger partial charge < -0.3 is 5.32 Å². The topological polar surface area (TPSA) is 24.9 Å². The number of hydrogen-bond donors (Lipinski definition) is 1. The molecule has 2 nitrogen and oxygen atoms in total. The van der Waals surface area contributed by atoms with Crippen LogP contribution < -0.4 is 5.32 Å². The Kier molecular flexibility index (Phi) is 4.32. The summed E-state index contributed by atoms with van der Waals surface area (Å²) >= 11 is 3.15. The number of rotatable bonds is 3. The second-order valence-electron chi connectivity index (χ2n) is 4.31. The molecule has 0 amide bonds. The number of hydrogen-bond acceptors (Lipinski definition) is 2. The van der Waals surface area contributed by atoms with Crippen LogP contribution in [0.2, 0.25) is 0 Å². The largest absolute Gasteiger partial charge is 0.416 e. The Morgan fingerprint density at radius 2 is 2.00 bits per heavy atom. The van der Waals surface area contributed by atoms with Gasteiger partial charge in [-0.2, -0.15) is 13.2 Å². The molecule has 0 aliphatic rings. The molecule has 0 saturated carbocycles. The maximum atomic E-state index is 12.6. The number of nitrogens with one attached hydrogen (secondary N) is 1. The standard InChI is InChI=1S/C14H12BrF3N2/c1-9-3-2-6-19-13(9)8-20-12-5-4-10(7-11(12)15)14(16,17)18/h2-7,20H,8H2,1H3. The van der Waals surface area contributed by atoms with E-state index in [1.807, 2.05) is 19.1 Å². The first-order valence-corrected chi connectivity index (χ1v) is 6.68. The number of alkyl halides is 3. The molecule has 1 N–H and O–H groups in total. The van der Waals surface area contributed by atoms with Gasteiger partial charge in [-0.05, 0) is 52.7 Å². The number of aromatic nitrogens is 1. The Morgan fingerprint density at radius 3 is 2.60 bits per heavy atom. The highest BCUT2D eigenvalue weighted by molar-refractivity contribution is 9.10. The summed E-state index contributed by atoms with van der Waals surface area (Å²) < 4.78 is 38.0. The van der Waals surface area contributed by atoms with Crippen molar-refractivity contribution >= 4 is 21.6 Å². The van der Waals surface area contributed by atoms with E-state index in [2.05, 4.69) is 26.2 Å². The lowest BCUT2D eigenvalue weighted by molar-refractivity contribution is -0.137. The molecule has 0 bridgehead atoms. The van der Waals surface area contributed by atoms with Crippen LogP contribution in [0.15, 0.2) is 41.0 Å². The Hall–Kier alpha value is -1.56. The van der Waals surface area contributed by atoms with Crippen LogP contribution in [-0.4, -0.2) is 4.98 Å². The summed E-state index contributed by atoms with van der Waals surface area (Å²) in [6.07, 6.45) is -2.65. The average Bonchev–Trinajstić information content (AvgIpc) is 2.38. The zero-order valence-electron chi connectivity index (χ0n) is 10.6. The van der Waals surface area contributed by atoms with E-state index in [-0.39, 0.29) is 0 Å². The highest BCUT2D eigenvalue weighted by Crippen LogP contribution is 2.34. The summed E-state index contributed by atoms with van der Waals surface area (Å²) in [7, 11) is 0. The lowest BCUT2D eigenvalue weighted by Crippen LogP contribution is -2.07. The zero-order valence-corrected chi connectivity index (χ0v) is 12.2. The summed E-state index contributed by atoms with van der Waals surface area (Å²) in [5.74, 6) is 0. The molecule has 1 aromatic carbocycles. The average molecular weight is 345 g/mol. The first kappa shape index (κ1) is 14.8. The van der Waals surface area contributed by atoms with Crippen LogP contribution >= 0.6 is 15.9 Å². The molecule has 0 aliphatic carbocycles. The van der Waals surface area contributed by atoms with E-state index in [1.165, 1.54) is 6.07 Å². The van der Waals surface area contributed by atoms with Crippen molar-refractivity contribution in [2.45, 2.75) is 19.6 Å². The fourth-order valence-electron chi connectivity index (χ4n) is 1.72. The van der Waals surface area contributed by atoms with Crippen LogP contribution in [0.1, 0.15) is 16.8 Å². The summed E-state index contributed by atoms with van der Waals surface area (Å²) in [4.78, 5) is 4.22. The van der Waals surface area contributed by atoms with Gasteiger partial charge in [0.2, 0.25) is 0 Å². The van der Waals surface area contributed by atoms with E-state index in [0.717, 1.165) is 23.4 Å². The highest BCUT2D eigenvalue weighted by atomic mass is 79.9. The molecular formula is C14H12BrF3N2. The number of halogens is 4. The molecule has 0 saturated heterocycles. The van der Waals surface area contributed by atoms with Crippen molar-refractivity contribution in [3.8, 4) is 0 Å². The first-order chi connectivity index (χ1) is 9.38. The molecule has 2 rings (SSSR count). The third-order valence-electron chi connectivity index (χ3n) is 2.86. The third kappa shape index (κ3) is 3.50. The van der Waals surface area contributed by atoms with E-state index in [1.54, 1.807) is 6.20 Å². The smallest absolute Gasteiger partial charge is 0.378 e. The van der Waals surface area contributed by atoms with Gasteiger partial charge in [0.15, 0.2) is 0 Å². The monoisotopic (exact) mass is 344 g/mol. The van der Waals surface area contributed by atoms with E-state index < -0.39 is 11.7 Å². The lowest BCUT2D eigenvalue weighted by Gasteiger charge is -2.12. The van der Waals surface area contributed by atoms with Gasteiger partial charge in [0, 0.05) is 16.4 Å². The van der Waals surface area contributed by atoms with Crippen LogP contribution in [-0.2, 0) is 12.7 Å². The Morgan fingerprint density at radius 1 is 1.25 bits per heavy atom. The van der Waals surface area contributed by atoms with Gasteiger partial charge in [-0.25, -0.2) is 0 Å². The quantitative estimate of drug-likeness (QED) is 0.866. The minimum Gasteiger partial charge on any atom is -0.378 e. The van der Waals surface area contributed by atoms with Crippen LogP contribution in [0.3, 0.4) is 0 Å². The van der Waals surface area contributed by atoms with Gasteiger partial charge in [0.25, 0.3) is 0 Å². The molecule has 1 heterocycles. The summed E-state index contributed by atoms with van der Waals surface area (Å²) in [6.45, 7) is 2.39. The van der Waals surface area contributed by atoms with Crippen molar-refractivity contribution in [2.75, 3.05) is 5.32 Å². The molecule has 0 spiro atoms. The molecule has 0 radical (unpaired) electrons. The molecule has 20 heavy (non-hydrogen) atoms. The number of anilines is 1. The number of nitrogens with zero attached hydrogens (tertiary/aromatic N) is 1. The van der Waals surface area contributed by atoms with Gasteiger partial charge >= 0.3 is 6.18 Å². The van der Waals surface area contributed by atoms with Crippen LogP contribution in [0, 0.1) is 6.92 Å². The molecule has 106 valence electrons. The van der Waals surface area contributed by atoms with Crippen molar-refractivity contribution in [3.05, 3.63) is 57.8 Å². The summed E-state index contributed by atoms with van der Waals surface area (Å²) in [5, 5.41) is 3.07. The Labute approximate surface area is 123 Å². The Bertz CT molecular complexity index is 612. The third-order valence-corrected chi connectivity index (χ3v) is 3.52. The van der Waals surface area contributed by atoms with Crippen molar-refractivity contribution in [2.24, 2.45) is 0 Å². The van der Waals surface area contributed by atoms with Gasteiger partial charge in [0.05, 0.1) is 17.8 Å². The zero-order chi connectivity index (χ0) is 14.8. The molecule has 0 atom stereocenters. The molecule has 0 fully saturated rings. The fraction of sp³-hybridized carbons (Fsp3) is 0.214. The van der Waals surface area contributed by atoms with Gasteiger partial charge in [-0.1, -0.05) is 6.07 Å². The van der Waals surface area contributed by atoms with Crippen LogP contribution in [0.5, 0.6) is 0 Å². The molecular weight excluding hydrogens is 333 g/mol. The van der Waals surface area contributed by atoms with Gasteiger partial charge in [0.1, 0.15) is 0 Å². The van der Waals surface area contributed by atoms with Gasteiger partial charge in [-0.3, -0.25) is 4.98 Å². The minimum absolute atomic E-state index is 0.376. The Balaban J connectivity index is 2.13. The molecule has 0 aliphatic heterocycles. The van der Waals surface area contributed by atoms with Crippen molar-refractivity contribution in [3.63, 3.8) is 0 Å². The van der Waals surface area contributed by atoms with E-state index in [0.29, 0.717) is 16.7 Å². The van der Waals surface area contributed by atoms with Gasteiger partial charge in [-0.15, -0.1) is 0 Å². The summed E-state index contributed by atoms with van der Waals surface area (Å²) in [6, 6.07) is 7.30. The number of aryl methyl sites for hydroxylation is 1. The van der Waals surface area contributed by atoms with E-state index in [4.69, 9.17) is 0 Å². The minimum atomic E-state index is -4.33. The summed E-state index contributed by atoms with van der Waals surface area (Å²) in [5.41, 5.74) is 1.81. The van der Waals surface area contributed by atoms with E-state index in [9.17, 15) is 13.2 Å². The second kappa shape index (κ2) is 5.83. The normalized spacial score (nSPS) is 11.4. The predicted molar refractivity (Wildman–Crippen MR) is 75.4 cm³/mol. The number of benzene rings is 1. The SMILES string of the molecule is Cc1cccnc1CNc1ccc(C(F)(F)F)cc1Br. The maximum absolute atomic E-state index is 12.6. The fourth-order valence-corrected chi connectivity index (χ4v) is 2.24. The van der Waals surface area contributed by atoms with E-state index >= 15 is 0 Å². The van der Waals surface area contributed by atoms with Crippen molar-refractivity contribution < 1.29 is 13.2 Å².